The lowest BCUT2D eigenvalue weighted by Crippen LogP contribution is -1.63. The Morgan fingerprint density at radius 2 is 2.09 bits per heavy atom. The van der Waals surface area contributed by atoms with Crippen LogP contribution in [0.4, 0.5) is 0 Å². The van der Waals surface area contributed by atoms with Crippen LogP contribution >= 0.6 is 22.5 Å². The Morgan fingerprint density at radius 1 is 1.27 bits per heavy atom. The Kier molecular flexibility index (Phi) is 1.84. The van der Waals surface area contributed by atoms with Crippen molar-refractivity contribution in [1.82, 2.24) is 4.98 Å². The summed E-state index contributed by atoms with van der Waals surface area (Å²) >= 11 is 4.15. The zero-order chi connectivity index (χ0) is 7.68. The Morgan fingerprint density at radius 3 is 2.91 bits per heavy atom. The number of H-pyrrole nitrogens is 1. The van der Waals surface area contributed by atoms with Gasteiger partial charge in [0.15, 0.2) is 0 Å². The van der Waals surface area contributed by atoms with E-state index in [1.165, 1.54) is 26.6 Å². The first kappa shape index (κ1) is 7.13. The van der Waals surface area contributed by atoms with Crippen molar-refractivity contribution in [3.8, 4) is 0 Å². The molecule has 0 saturated heterocycles. The molecule has 0 bridgehead atoms. The van der Waals surface area contributed by atoms with Crippen LogP contribution in [0.1, 0.15) is 0 Å². The van der Waals surface area contributed by atoms with E-state index in [-0.39, 0.29) is 0 Å². The quantitative estimate of drug-likeness (QED) is 0.510. The number of aromatic amines is 1. The largest absolute Gasteiger partial charge is 0.360 e. The molecule has 0 fully saturated rings. The van der Waals surface area contributed by atoms with Gasteiger partial charge < -0.3 is 4.98 Å². The van der Waals surface area contributed by atoms with E-state index in [2.05, 4.69) is 28.8 Å². The second-order valence-electron chi connectivity index (χ2n) is 2.29. The standard InChI is InChI=1S/C8H7NS2/c10-11-8-5-9-7-4-2-1-3-6(7)8/h1-5,9-10H. The smallest absolute Gasteiger partial charge is 0.0465 e. The molecule has 0 aliphatic rings. The summed E-state index contributed by atoms with van der Waals surface area (Å²) in [6.45, 7) is 0. The van der Waals surface area contributed by atoms with Crippen LogP contribution in [0.2, 0.25) is 0 Å². The molecular formula is C8H7NS2. The van der Waals surface area contributed by atoms with Crippen molar-refractivity contribution < 1.29 is 0 Å². The van der Waals surface area contributed by atoms with Crippen LogP contribution in [0.3, 0.4) is 0 Å². The minimum absolute atomic E-state index is 1.17. The maximum absolute atomic E-state index is 4.15. The molecule has 11 heavy (non-hydrogen) atoms. The number of para-hydroxylation sites is 1. The van der Waals surface area contributed by atoms with E-state index in [1.807, 2.05) is 18.3 Å². The molecule has 0 unspecified atom stereocenters. The summed E-state index contributed by atoms with van der Waals surface area (Å²) in [5.41, 5.74) is 1.17. The fraction of sp³-hybridized carbons (Fsp3) is 0. The van der Waals surface area contributed by atoms with Gasteiger partial charge in [-0.25, -0.2) is 0 Å². The number of benzene rings is 1. The highest BCUT2D eigenvalue weighted by Crippen LogP contribution is 2.29. The molecule has 0 aliphatic carbocycles. The molecule has 1 N–H and O–H groups in total. The van der Waals surface area contributed by atoms with E-state index in [0.29, 0.717) is 0 Å². The van der Waals surface area contributed by atoms with Crippen molar-refractivity contribution in [2.24, 2.45) is 0 Å². The first-order valence-corrected chi connectivity index (χ1v) is 5.16. The molecule has 2 rings (SSSR count). The Hall–Kier alpha value is -0.540. The van der Waals surface area contributed by atoms with Crippen LogP contribution in [-0.4, -0.2) is 4.98 Å². The van der Waals surface area contributed by atoms with E-state index in [9.17, 15) is 0 Å². The van der Waals surface area contributed by atoms with Crippen molar-refractivity contribution >= 4 is 33.4 Å². The molecule has 0 amide bonds. The third-order valence-corrected chi connectivity index (χ3v) is 2.77. The summed E-state index contributed by atoms with van der Waals surface area (Å²) in [5, 5.41) is 1.24. The number of nitrogens with one attached hydrogen (secondary N) is 1. The average Bonchev–Trinajstić information content (AvgIpc) is 2.47. The van der Waals surface area contributed by atoms with Gasteiger partial charge in [0.25, 0.3) is 0 Å². The summed E-state index contributed by atoms with van der Waals surface area (Å²) in [5.74, 6) is 0. The molecule has 3 heteroatoms. The molecule has 2 aromatic rings. The number of hydrogen-bond donors (Lipinski definition) is 2. The van der Waals surface area contributed by atoms with Gasteiger partial charge in [0.1, 0.15) is 0 Å². The second kappa shape index (κ2) is 2.83. The minimum Gasteiger partial charge on any atom is -0.360 e. The SMILES string of the molecule is SSc1c[nH]c2ccccc12. The fourth-order valence-electron chi connectivity index (χ4n) is 1.12. The van der Waals surface area contributed by atoms with Crippen molar-refractivity contribution in [3.63, 3.8) is 0 Å². The minimum atomic E-state index is 1.17. The van der Waals surface area contributed by atoms with E-state index in [4.69, 9.17) is 0 Å². The van der Waals surface area contributed by atoms with Crippen LogP contribution in [-0.2, 0) is 0 Å². The maximum atomic E-state index is 4.15. The second-order valence-corrected chi connectivity index (χ2v) is 3.46. The zero-order valence-corrected chi connectivity index (χ0v) is 7.45. The molecule has 1 aromatic heterocycles. The molecule has 0 aliphatic heterocycles. The van der Waals surface area contributed by atoms with Gasteiger partial charge in [-0.1, -0.05) is 29.0 Å². The van der Waals surface area contributed by atoms with Gasteiger partial charge in [0, 0.05) is 22.0 Å². The number of thiol groups is 1. The summed E-state index contributed by atoms with van der Waals surface area (Å²) in [6.07, 6.45) is 1.97. The molecule has 0 atom stereocenters. The van der Waals surface area contributed by atoms with Gasteiger partial charge in [-0.05, 0) is 6.07 Å². The van der Waals surface area contributed by atoms with E-state index in [1.54, 1.807) is 0 Å². The van der Waals surface area contributed by atoms with E-state index < -0.39 is 0 Å². The van der Waals surface area contributed by atoms with Gasteiger partial charge >= 0.3 is 0 Å². The normalized spacial score (nSPS) is 10.6. The number of rotatable bonds is 1. The average molecular weight is 181 g/mol. The monoisotopic (exact) mass is 181 g/mol. The first-order valence-electron chi connectivity index (χ1n) is 3.29. The zero-order valence-electron chi connectivity index (χ0n) is 5.74. The van der Waals surface area contributed by atoms with Crippen molar-refractivity contribution in [3.05, 3.63) is 30.5 Å². The number of hydrogen-bond acceptors (Lipinski definition) is 2. The van der Waals surface area contributed by atoms with Crippen molar-refractivity contribution in [2.45, 2.75) is 4.90 Å². The number of aromatic nitrogens is 1. The predicted molar refractivity (Wildman–Crippen MR) is 53.1 cm³/mol. The first-order chi connectivity index (χ1) is 5.42. The number of fused-ring (bicyclic) bond motifs is 1. The van der Waals surface area contributed by atoms with Gasteiger partial charge in [-0.15, -0.1) is 11.7 Å². The molecule has 0 radical (unpaired) electrons. The Bertz CT molecular complexity index is 367. The maximum Gasteiger partial charge on any atom is 0.0465 e. The summed E-state index contributed by atoms with van der Waals surface area (Å²) in [6, 6.07) is 8.20. The van der Waals surface area contributed by atoms with Crippen LogP contribution in [0.5, 0.6) is 0 Å². The molecular weight excluding hydrogens is 174 g/mol. The van der Waals surface area contributed by atoms with Crippen molar-refractivity contribution in [2.75, 3.05) is 0 Å². The lowest BCUT2D eigenvalue weighted by Gasteiger charge is -1.89. The van der Waals surface area contributed by atoms with Gasteiger partial charge in [-0.3, -0.25) is 0 Å². The molecule has 0 spiro atoms. The fourth-order valence-corrected chi connectivity index (χ4v) is 1.96. The highest BCUT2D eigenvalue weighted by molar-refractivity contribution is 8.68. The molecule has 1 aromatic carbocycles. The van der Waals surface area contributed by atoms with Gasteiger partial charge in [-0.2, -0.15) is 0 Å². The molecule has 56 valence electrons. The van der Waals surface area contributed by atoms with Crippen molar-refractivity contribution in [1.29, 1.82) is 0 Å². The lowest BCUT2D eigenvalue weighted by atomic mass is 10.2. The third kappa shape index (κ3) is 1.14. The summed E-state index contributed by atoms with van der Waals surface area (Å²) in [7, 11) is 1.47. The van der Waals surface area contributed by atoms with E-state index >= 15 is 0 Å². The third-order valence-electron chi connectivity index (χ3n) is 1.65. The summed E-state index contributed by atoms with van der Waals surface area (Å²) < 4.78 is 0. The predicted octanol–water partition coefficient (Wildman–Crippen LogP) is 3.10. The van der Waals surface area contributed by atoms with Gasteiger partial charge in [0.05, 0.1) is 0 Å². The van der Waals surface area contributed by atoms with Crippen LogP contribution in [0.25, 0.3) is 10.9 Å². The lowest BCUT2D eigenvalue weighted by molar-refractivity contribution is 1.42. The topological polar surface area (TPSA) is 15.8 Å². The highest BCUT2D eigenvalue weighted by Gasteiger charge is 1.99. The molecule has 1 heterocycles. The Labute approximate surface area is 74.0 Å². The molecule has 0 saturated carbocycles. The van der Waals surface area contributed by atoms with E-state index in [0.717, 1.165) is 0 Å². The Balaban J connectivity index is 2.76. The van der Waals surface area contributed by atoms with Gasteiger partial charge in [0.2, 0.25) is 0 Å². The van der Waals surface area contributed by atoms with Crippen LogP contribution < -0.4 is 0 Å². The summed E-state index contributed by atoms with van der Waals surface area (Å²) in [4.78, 5) is 4.35. The highest BCUT2D eigenvalue weighted by atomic mass is 33.1. The van der Waals surface area contributed by atoms with Crippen LogP contribution in [0.15, 0.2) is 35.4 Å². The molecule has 1 nitrogen and oxygen atoms in total. The van der Waals surface area contributed by atoms with Crippen LogP contribution in [0, 0.1) is 0 Å².